The van der Waals surface area contributed by atoms with Crippen LogP contribution in [0.25, 0.3) is 0 Å². The predicted molar refractivity (Wildman–Crippen MR) is 79.9 cm³/mol. The number of nitrogens with two attached hydrogens (primary N) is 1. The summed E-state index contributed by atoms with van der Waals surface area (Å²) in [5.74, 6) is -0.0946. The van der Waals surface area contributed by atoms with E-state index in [4.69, 9.17) is 5.73 Å². The number of carbonyl (C=O) groups excluding carboxylic acids is 1. The van der Waals surface area contributed by atoms with Gasteiger partial charge in [0.25, 0.3) is 0 Å². The number of carbonyl (C=O) groups is 1. The van der Waals surface area contributed by atoms with E-state index in [9.17, 15) is 9.18 Å². The molecule has 0 aliphatic heterocycles. The number of amides is 1. The van der Waals surface area contributed by atoms with E-state index in [0.717, 1.165) is 19.3 Å². The summed E-state index contributed by atoms with van der Waals surface area (Å²) in [6, 6.07) is 4.46. The first-order valence-corrected chi connectivity index (χ1v) is 6.87. The van der Waals surface area contributed by atoms with Crippen LogP contribution in [0.2, 0.25) is 0 Å². The quantitative estimate of drug-likeness (QED) is 0.877. The van der Waals surface area contributed by atoms with E-state index in [-0.39, 0.29) is 36.0 Å². The van der Waals surface area contributed by atoms with Gasteiger partial charge in [-0.3, -0.25) is 4.79 Å². The Hall–Kier alpha value is -0.650. The molecule has 3 nitrogen and oxygen atoms in total. The van der Waals surface area contributed by atoms with E-state index in [1.165, 1.54) is 6.07 Å². The molecule has 3 N–H and O–H groups in total. The number of nitrogens with one attached hydrogen (secondary N) is 1. The van der Waals surface area contributed by atoms with Gasteiger partial charge in [0.15, 0.2) is 0 Å². The SMILES string of the molecule is Cl.NC[C@H]1CCC[C@H]1C(=O)Nc1ccc(F)c(Br)c1. The van der Waals surface area contributed by atoms with Crippen molar-refractivity contribution in [3.8, 4) is 0 Å². The van der Waals surface area contributed by atoms with Gasteiger partial charge in [-0.05, 0) is 59.4 Å². The first kappa shape index (κ1) is 16.4. The van der Waals surface area contributed by atoms with Gasteiger partial charge in [0.2, 0.25) is 5.91 Å². The molecule has 1 aromatic rings. The zero-order valence-corrected chi connectivity index (χ0v) is 12.8. The molecule has 0 radical (unpaired) electrons. The van der Waals surface area contributed by atoms with E-state index in [2.05, 4.69) is 21.2 Å². The van der Waals surface area contributed by atoms with E-state index in [1.807, 2.05) is 0 Å². The lowest BCUT2D eigenvalue weighted by Crippen LogP contribution is -2.29. The normalized spacial score (nSPS) is 21.8. The highest BCUT2D eigenvalue weighted by Crippen LogP contribution is 2.32. The summed E-state index contributed by atoms with van der Waals surface area (Å²) in [7, 11) is 0. The van der Waals surface area contributed by atoms with Crippen molar-refractivity contribution in [3.05, 3.63) is 28.5 Å². The third-order valence-electron chi connectivity index (χ3n) is 3.49. The van der Waals surface area contributed by atoms with E-state index in [0.29, 0.717) is 16.7 Å². The Morgan fingerprint density at radius 1 is 1.47 bits per heavy atom. The Labute approximate surface area is 126 Å². The first-order valence-electron chi connectivity index (χ1n) is 6.08. The molecule has 6 heteroatoms. The molecule has 1 aliphatic carbocycles. The molecule has 1 aliphatic rings. The Bertz CT molecular complexity index is 458. The maximum atomic E-state index is 13.1. The molecular weight excluding hydrogens is 335 g/mol. The van der Waals surface area contributed by atoms with Crippen molar-refractivity contribution in [2.75, 3.05) is 11.9 Å². The van der Waals surface area contributed by atoms with Gasteiger partial charge in [-0.2, -0.15) is 0 Å². The summed E-state index contributed by atoms with van der Waals surface area (Å²) in [5.41, 5.74) is 6.27. The number of rotatable bonds is 3. The third-order valence-corrected chi connectivity index (χ3v) is 4.09. The van der Waals surface area contributed by atoms with Crippen LogP contribution in [0.1, 0.15) is 19.3 Å². The molecule has 1 saturated carbocycles. The number of benzene rings is 1. The summed E-state index contributed by atoms with van der Waals surface area (Å²) in [6.07, 6.45) is 2.95. The van der Waals surface area contributed by atoms with Crippen LogP contribution in [0.3, 0.4) is 0 Å². The van der Waals surface area contributed by atoms with Crippen LogP contribution in [0.4, 0.5) is 10.1 Å². The van der Waals surface area contributed by atoms with Crippen molar-refractivity contribution < 1.29 is 9.18 Å². The monoisotopic (exact) mass is 350 g/mol. The van der Waals surface area contributed by atoms with Crippen LogP contribution in [0.15, 0.2) is 22.7 Å². The van der Waals surface area contributed by atoms with Crippen molar-refractivity contribution in [1.82, 2.24) is 0 Å². The number of hydrogen-bond acceptors (Lipinski definition) is 2. The molecule has 0 unspecified atom stereocenters. The average molecular weight is 352 g/mol. The summed E-state index contributed by atoms with van der Waals surface area (Å²) in [4.78, 5) is 12.1. The molecule has 0 aromatic heterocycles. The molecule has 2 rings (SSSR count). The summed E-state index contributed by atoms with van der Waals surface area (Å²) in [6.45, 7) is 0.547. The molecular formula is C13H17BrClFN2O. The fourth-order valence-corrected chi connectivity index (χ4v) is 2.85. The second-order valence-electron chi connectivity index (χ2n) is 4.65. The average Bonchev–Trinajstić information content (AvgIpc) is 2.82. The predicted octanol–water partition coefficient (Wildman–Crippen LogP) is 3.32. The van der Waals surface area contributed by atoms with Crippen molar-refractivity contribution in [2.24, 2.45) is 17.6 Å². The Morgan fingerprint density at radius 3 is 2.84 bits per heavy atom. The molecule has 0 spiro atoms. The van der Waals surface area contributed by atoms with Crippen molar-refractivity contribution in [2.45, 2.75) is 19.3 Å². The largest absolute Gasteiger partial charge is 0.330 e. The maximum absolute atomic E-state index is 13.1. The van der Waals surface area contributed by atoms with Crippen LogP contribution in [-0.4, -0.2) is 12.5 Å². The van der Waals surface area contributed by atoms with Gasteiger partial charge < -0.3 is 11.1 Å². The van der Waals surface area contributed by atoms with Gasteiger partial charge in [-0.1, -0.05) is 6.42 Å². The van der Waals surface area contributed by atoms with Gasteiger partial charge in [0.05, 0.1) is 4.47 Å². The summed E-state index contributed by atoms with van der Waals surface area (Å²) in [5, 5.41) is 2.83. The lowest BCUT2D eigenvalue weighted by atomic mass is 9.95. The number of hydrogen-bond donors (Lipinski definition) is 2. The minimum absolute atomic E-state index is 0. The molecule has 1 fully saturated rings. The second kappa shape index (κ2) is 7.22. The lowest BCUT2D eigenvalue weighted by molar-refractivity contribution is -0.120. The molecule has 0 heterocycles. The van der Waals surface area contributed by atoms with Crippen LogP contribution in [0, 0.1) is 17.7 Å². The Morgan fingerprint density at radius 2 is 2.21 bits per heavy atom. The van der Waals surface area contributed by atoms with Gasteiger partial charge in [-0.25, -0.2) is 4.39 Å². The molecule has 1 aromatic carbocycles. The maximum Gasteiger partial charge on any atom is 0.227 e. The molecule has 1 amide bonds. The smallest absolute Gasteiger partial charge is 0.227 e. The molecule has 106 valence electrons. The zero-order valence-electron chi connectivity index (χ0n) is 10.4. The van der Waals surface area contributed by atoms with Crippen molar-refractivity contribution in [1.29, 1.82) is 0 Å². The van der Waals surface area contributed by atoms with E-state index in [1.54, 1.807) is 12.1 Å². The summed E-state index contributed by atoms with van der Waals surface area (Å²) >= 11 is 3.10. The van der Waals surface area contributed by atoms with Gasteiger partial charge in [0, 0.05) is 11.6 Å². The molecule has 19 heavy (non-hydrogen) atoms. The van der Waals surface area contributed by atoms with Crippen LogP contribution < -0.4 is 11.1 Å². The van der Waals surface area contributed by atoms with Gasteiger partial charge in [-0.15, -0.1) is 12.4 Å². The number of anilines is 1. The number of halogens is 3. The van der Waals surface area contributed by atoms with Crippen molar-refractivity contribution >= 4 is 39.9 Å². The highest BCUT2D eigenvalue weighted by Gasteiger charge is 2.31. The van der Waals surface area contributed by atoms with Gasteiger partial charge >= 0.3 is 0 Å². The zero-order chi connectivity index (χ0) is 13.1. The van der Waals surface area contributed by atoms with Gasteiger partial charge in [0.1, 0.15) is 5.82 Å². The Kier molecular flexibility index (Phi) is 6.23. The molecule has 2 atom stereocenters. The van der Waals surface area contributed by atoms with Crippen LogP contribution in [-0.2, 0) is 4.79 Å². The minimum Gasteiger partial charge on any atom is -0.330 e. The standard InChI is InChI=1S/C13H16BrFN2O.ClH/c14-11-6-9(4-5-12(11)15)17-13(18)10-3-1-2-8(10)7-16;/h4-6,8,10H,1-3,7,16H2,(H,17,18);1H/t8-,10-;/m1./s1. The Balaban J connectivity index is 0.00000180. The first-order chi connectivity index (χ1) is 8.61. The third kappa shape index (κ3) is 3.91. The fraction of sp³-hybridized carbons (Fsp3) is 0.462. The summed E-state index contributed by atoms with van der Waals surface area (Å²) < 4.78 is 13.4. The van der Waals surface area contributed by atoms with Crippen LogP contribution in [0.5, 0.6) is 0 Å². The van der Waals surface area contributed by atoms with E-state index >= 15 is 0 Å². The molecule has 0 saturated heterocycles. The lowest BCUT2D eigenvalue weighted by Gasteiger charge is -2.17. The topological polar surface area (TPSA) is 55.1 Å². The molecule has 0 bridgehead atoms. The second-order valence-corrected chi connectivity index (χ2v) is 5.51. The highest BCUT2D eigenvalue weighted by molar-refractivity contribution is 9.10. The highest BCUT2D eigenvalue weighted by atomic mass is 79.9. The van der Waals surface area contributed by atoms with Crippen LogP contribution >= 0.6 is 28.3 Å². The fourth-order valence-electron chi connectivity index (χ4n) is 2.47. The van der Waals surface area contributed by atoms with Crippen molar-refractivity contribution in [3.63, 3.8) is 0 Å². The van der Waals surface area contributed by atoms with E-state index < -0.39 is 0 Å². The minimum atomic E-state index is -0.339.